The molecule has 0 bridgehead atoms. The molecule has 0 saturated carbocycles. The molecule has 0 unspecified atom stereocenters. The van der Waals surface area contributed by atoms with Crippen molar-refractivity contribution in [3.63, 3.8) is 0 Å². The van der Waals surface area contributed by atoms with Gasteiger partial charge in [-0.2, -0.15) is 0 Å². The lowest BCUT2D eigenvalue weighted by Crippen LogP contribution is -1.97. The summed E-state index contributed by atoms with van der Waals surface area (Å²) in [5, 5.41) is 1.11. The van der Waals surface area contributed by atoms with Crippen molar-refractivity contribution in [3.8, 4) is 11.4 Å². The molecule has 0 aliphatic rings. The number of aromatic nitrogens is 1. The topological polar surface area (TPSA) is 14.2 Å². The van der Waals surface area contributed by atoms with Crippen LogP contribution in [0.4, 0.5) is 4.39 Å². The van der Waals surface area contributed by atoms with Gasteiger partial charge < -0.3 is 9.30 Å². The number of fused-ring (bicyclic) bond motifs is 1. The van der Waals surface area contributed by atoms with E-state index in [0.717, 1.165) is 10.9 Å². The molecule has 0 fully saturated rings. The fourth-order valence-corrected chi connectivity index (χ4v) is 2.14. The van der Waals surface area contributed by atoms with Crippen LogP contribution >= 0.6 is 0 Å². The first-order chi connectivity index (χ1) is 8.79. The lowest BCUT2D eigenvalue weighted by atomic mass is 10.2. The van der Waals surface area contributed by atoms with Gasteiger partial charge in [0.25, 0.3) is 0 Å². The molecule has 3 rings (SSSR count). The van der Waals surface area contributed by atoms with E-state index < -0.39 is 0 Å². The zero-order valence-electron chi connectivity index (χ0n) is 9.93. The normalized spacial score (nSPS) is 10.8. The van der Waals surface area contributed by atoms with Crippen LogP contribution < -0.4 is 4.74 Å². The third-order valence-electron chi connectivity index (χ3n) is 3.00. The minimum absolute atomic E-state index is 0.274. The van der Waals surface area contributed by atoms with Crippen molar-refractivity contribution in [2.75, 3.05) is 7.11 Å². The van der Waals surface area contributed by atoms with Gasteiger partial charge in [0.1, 0.15) is 11.6 Å². The summed E-state index contributed by atoms with van der Waals surface area (Å²) in [5.41, 5.74) is 1.74. The van der Waals surface area contributed by atoms with E-state index in [2.05, 4.69) is 0 Å². The van der Waals surface area contributed by atoms with Gasteiger partial charge in [0.05, 0.1) is 18.3 Å². The Morgan fingerprint density at radius 3 is 2.72 bits per heavy atom. The molecule has 2 aromatic carbocycles. The first-order valence-corrected chi connectivity index (χ1v) is 5.69. The Balaban J connectivity index is 2.29. The van der Waals surface area contributed by atoms with Gasteiger partial charge >= 0.3 is 0 Å². The molecule has 1 aromatic heterocycles. The van der Waals surface area contributed by atoms with Crippen LogP contribution in [0.25, 0.3) is 16.6 Å². The fourth-order valence-electron chi connectivity index (χ4n) is 2.14. The predicted molar refractivity (Wildman–Crippen MR) is 69.8 cm³/mol. The second kappa shape index (κ2) is 4.18. The van der Waals surface area contributed by atoms with Gasteiger partial charge in [-0.05, 0) is 29.7 Å². The van der Waals surface area contributed by atoms with E-state index in [-0.39, 0.29) is 5.82 Å². The molecule has 0 atom stereocenters. The van der Waals surface area contributed by atoms with Crippen LogP contribution in [0.5, 0.6) is 5.75 Å². The average Bonchev–Trinajstić information content (AvgIpc) is 2.82. The molecule has 0 spiro atoms. The number of hydrogen-bond donors (Lipinski definition) is 0. The second-order valence-corrected chi connectivity index (χ2v) is 4.06. The van der Waals surface area contributed by atoms with Gasteiger partial charge in [0, 0.05) is 12.3 Å². The van der Waals surface area contributed by atoms with Gasteiger partial charge in [0.2, 0.25) is 0 Å². The van der Waals surface area contributed by atoms with E-state index in [0.29, 0.717) is 11.4 Å². The molecule has 3 aromatic rings. The van der Waals surface area contributed by atoms with Crippen LogP contribution in [-0.2, 0) is 0 Å². The zero-order chi connectivity index (χ0) is 12.5. The Morgan fingerprint density at radius 1 is 1.06 bits per heavy atom. The Kier molecular flexibility index (Phi) is 2.52. The smallest absolute Gasteiger partial charge is 0.143 e. The van der Waals surface area contributed by atoms with E-state index in [9.17, 15) is 4.39 Å². The SMILES string of the molecule is COc1ccc(F)cc1-n1ccc2ccccc21. The van der Waals surface area contributed by atoms with Gasteiger partial charge in [-0.1, -0.05) is 18.2 Å². The third-order valence-corrected chi connectivity index (χ3v) is 3.00. The number of para-hydroxylation sites is 1. The zero-order valence-corrected chi connectivity index (χ0v) is 9.93. The monoisotopic (exact) mass is 241 g/mol. The maximum atomic E-state index is 13.4. The van der Waals surface area contributed by atoms with Crippen molar-refractivity contribution < 1.29 is 9.13 Å². The molecule has 3 heteroatoms. The maximum absolute atomic E-state index is 13.4. The minimum atomic E-state index is -0.274. The number of ether oxygens (including phenoxy) is 1. The van der Waals surface area contributed by atoms with Crippen LogP contribution in [0.15, 0.2) is 54.7 Å². The third kappa shape index (κ3) is 1.64. The number of halogens is 1. The lowest BCUT2D eigenvalue weighted by Gasteiger charge is -2.11. The Hall–Kier alpha value is -2.29. The first-order valence-electron chi connectivity index (χ1n) is 5.69. The molecule has 0 saturated heterocycles. The van der Waals surface area contributed by atoms with Crippen LogP contribution in [0, 0.1) is 5.82 Å². The molecule has 0 aliphatic heterocycles. The van der Waals surface area contributed by atoms with Gasteiger partial charge in [0.15, 0.2) is 0 Å². The van der Waals surface area contributed by atoms with Gasteiger partial charge in [-0.15, -0.1) is 0 Å². The molecule has 18 heavy (non-hydrogen) atoms. The van der Waals surface area contributed by atoms with Crippen LogP contribution in [0.2, 0.25) is 0 Å². The summed E-state index contributed by atoms with van der Waals surface area (Å²) in [4.78, 5) is 0. The van der Waals surface area contributed by atoms with E-state index in [1.807, 2.05) is 41.1 Å². The molecular weight excluding hydrogens is 229 g/mol. The molecule has 90 valence electrons. The molecular formula is C15H12FNO. The summed E-state index contributed by atoms with van der Waals surface area (Å²) in [5.74, 6) is 0.376. The van der Waals surface area contributed by atoms with Crippen molar-refractivity contribution >= 4 is 10.9 Å². The van der Waals surface area contributed by atoms with Crippen molar-refractivity contribution in [1.82, 2.24) is 4.57 Å². The highest BCUT2D eigenvalue weighted by molar-refractivity contribution is 5.82. The summed E-state index contributed by atoms with van der Waals surface area (Å²) in [7, 11) is 1.59. The molecule has 0 radical (unpaired) electrons. The lowest BCUT2D eigenvalue weighted by molar-refractivity contribution is 0.412. The number of rotatable bonds is 2. The van der Waals surface area contributed by atoms with E-state index in [1.54, 1.807) is 13.2 Å². The number of hydrogen-bond acceptors (Lipinski definition) is 1. The highest BCUT2D eigenvalue weighted by atomic mass is 19.1. The second-order valence-electron chi connectivity index (χ2n) is 4.06. The van der Waals surface area contributed by atoms with E-state index in [1.165, 1.54) is 12.1 Å². The standard InChI is InChI=1S/C15H12FNO/c1-18-15-7-6-12(16)10-14(15)17-9-8-11-4-2-3-5-13(11)17/h2-10H,1H3. The summed E-state index contributed by atoms with van der Waals surface area (Å²) < 4.78 is 20.6. The van der Waals surface area contributed by atoms with E-state index in [4.69, 9.17) is 4.74 Å². The van der Waals surface area contributed by atoms with Crippen molar-refractivity contribution in [2.45, 2.75) is 0 Å². The fraction of sp³-hybridized carbons (Fsp3) is 0.0667. The summed E-state index contributed by atoms with van der Waals surface area (Å²) in [6.07, 6.45) is 1.92. The number of benzene rings is 2. The highest BCUT2D eigenvalue weighted by Crippen LogP contribution is 2.28. The predicted octanol–water partition coefficient (Wildman–Crippen LogP) is 3.78. The minimum Gasteiger partial charge on any atom is -0.495 e. The molecule has 0 amide bonds. The van der Waals surface area contributed by atoms with E-state index >= 15 is 0 Å². The highest BCUT2D eigenvalue weighted by Gasteiger charge is 2.09. The Labute approximate surface area is 104 Å². The number of methoxy groups -OCH3 is 1. The molecule has 0 N–H and O–H groups in total. The van der Waals surface area contributed by atoms with Crippen LogP contribution in [0.3, 0.4) is 0 Å². The number of nitrogens with zero attached hydrogens (tertiary/aromatic N) is 1. The first kappa shape index (κ1) is 10.8. The molecule has 0 aliphatic carbocycles. The van der Waals surface area contributed by atoms with Gasteiger partial charge in [-0.3, -0.25) is 0 Å². The van der Waals surface area contributed by atoms with Crippen molar-refractivity contribution in [2.24, 2.45) is 0 Å². The molecule has 2 nitrogen and oxygen atoms in total. The average molecular weight is 241 g/mol. The largest absolute Gasteiger partial charge is 0.495 e. The van der Waals surface area contributed by atoms with Crippen molar-refractivity contribution in [1.29, 1.82) is 0 Å². The van der Waals surface area contributed by atoms with Gasteiger partial charge in [-0.25, -0.2) is 4.39 Å². The molecule has 1 heterocycles. The van der Waals surface area contributed by atoms with Crippen LogP contribution in [0.1, 0.15) is 0 Å². The summed E-state index contributed by atoms with van der Waals surface area (Å²) in [6.45, 7) is 0. The Morgan fingerprint density at radius 2 is 1.89 bits per heavy atom. The van der Waals surface area contributed by atoms with Crippen molar-refractivity contribution in [3.05, 3.63) is 60.5 Å². The maximum Gasteiger partial charge on any atom is 0.143 e. The summed E-state index contributed by atoms with van der Waals surface area (Å²) >= 11 is 0. The van der Waals surface area contributed by atoms with Crippen LogP contribution in [-0.4, -0.2) is 11.7 Å². The quantitative estimate of drug-likeness (QED) is 0.666. The Bertz CT molecular complexity index is 703. The summed E-state index contributed by atoms with van der Waals surface area (Å²) in [6, 6.07) is 14.5.